The van der Waals surface area contributed by atoms with Crippen LogP contribution in [0, 0.1) is 0 Å². The van der Waals surface area contributed by atoms with E-state index in [1.165, 1.54) is 32.5 Å². The third kappa shape index (κ3) is 2.14. The van der Waals surface area contributed by atoms with Gasteiger partial charge in [0.1, 0.15) is 0 Å². The van der Waals surface area contributed by atoms with Crippen LogP contribution >= 0.6 is 17.0 Å². The predicted molar refractivity (Wildman–Crippen MR) is 41.7 cm³/mol. The lowest BCUT2D eigenvalue weighted by Gasteiger charge is -2.08. The van der Waals surface area contributed by atoms with Crippen LogP contribution in [0.15, 0.2) is 0 Å². The van der Waals surface area contributed by atoms with Gasteiger partial charge in [-0.05, 0) is 32.5 Å². The molecular weight excluding hydrogens is 166 g/mol. The van der Waals surface area contributed by atoms with Crippen molar-refractivity contribution < 1.29 is 0 Å². The Morgan fingerprint density at radius 2 is 1.75 bits per heavy atom. The first-order valence-corrected chi connectivity index (χ1v) is 3.16. The van der Waals surface area contributed by atoms with Crippen molar-refractivity contribution in [2.24, 2.45) is 0 Å². The van der Waals surface area contributed by atoms with Crippen molar-refractivity contribution in [1.82, 2.24) is 4.90 Å². The first-order valence-electron chi connectivity index (χ1n) is 3.16. The van der Waals surface area contributed by atoms with Crippen molar-refractivity contribution in [3.8, 4) is 0 Å². The lowest BCUT2D eigenvalue weighted by Crippen LogP contribution is -2.17. The molecule has 8 heavy (non-hydrogen) atoms. The highest BCUT2D eigenvalue weighted by atomic mass is 79.9. The molecule has 2 heteroatoms. The average molecular weight is 180 g/mol. The number of hydrogen-bond donors (Lipinski definition) is 0. The Morgan fingerprint density at radius 1 is 1.25 bits per heavy atom. The van der Waals surface area contributed by atoms with Crippen LogP contribution in [-0.2, 0) is 0 Å². The second kappa shape index (κ2) is 4.33. The largest absolute Gasteiger partial charge is 0.304 e. The fourth-order valence-corrected chi connectivity index (χ4v) is 1.10. The molecule has 0 unspecified atom stereocenters. The van der Waals surface area contributed by atoms with Crippen molar-refractivity contribution in [2.75, 3.05) is 19.6 Å². The zero-order chi connectivity index (χ0) is 5.11. The fourth-order valence-electron chi connectivity index (χ4n) is 1.10. The summed E-state index contributed by atoms with van der Waals surface area (Å²) in [7, 11) is 0. The van der Waals surface area contributed by atoms with Crippen LogP contribution in [0.25, 0.3) is 0 Å². The van der Waals surface area contributed by atoms with Crippen molar-refractivity contribution in [3.05, 3.63) is 0 Å². The lowest BCUT2D eigenvalue weighted by atomic mass is 10.4. The molecule has 1 aliphatic heterocycles. The Balaban J connectivity index is 0.000000490. The van der Waals surface area contributed by atoms with Gasteiger partial charge in [-0.2, -0.15) is 0 Å². The maximum atomic E-state index is 2.49. The predicted octanol–water partition coefficient (Wildman–Crippen LogP) is 1.68. The second-order valence-corrected chi connectivity index (χ2v) is 2.14. The van der Waals surface area contributed by atoms with E-state index in [1.54, 1.807) is 0 Å². The Morgan fingerprint density at radius 3 is 2.00 bits per heavy atom. The third-order valence-corrected chi connectivity index (χ3v) is 1.65. The minimum Gasteiger partial charge on any atom is -0.304 e. The topological polar surface area (TPSA) is 3.24 Å². The third-order valence-electron chi connectivity index (χ3n) is 1.65. The van der Waals surface area contributed by atoms with Crippen LogP contribution in [0.5, 0.6) is 0 Å². The van der Waals surface area contributed by atoms with Gasteiger partial charge in [0.05, 0.1) is 0 Å². The number of nitrogens with zero attached hydrogens (tertiary/aromatic N) is 1. The van der Waals surface area contributed by atoms with Gasteiger partial charge in [-0.25, -0.2) is 0 Å². The maximum Gasteiger partial charge on any atom is -0.00184 e. The van der Waals surface area contributed by atoms with Gasteiger partial charge in [0.15, 0.2) is 0 Å². The summed E-state index contributed by atoms with van der Waals surface area (Å²) in [5.74, 6) is 0. The minimum absolute atomic E-state index is 0. The van der Waals surface area contributed by atoms with Crippen LogP contribution in [0.2, 0.25) is 0 Å². The van der Waals surface area contributed by atoms with Crippen LogP contribution in [0.1, 0.15) is 19.8 Å². The number of halogens is 1. The summed E-state index contributed by atoms with van der Waals surface area (Å²) in [5.41, 5.74) is 0. The first kappa shape index (κ1) is 8.44. The van der Waals surface area contributed by atoms with Gasteiger partial charge in [-0.1, -0.05) is 6.92 Å². The molecule has 50 valence electrons. The molecule has 1 aliphatic rings. The Labute approximate surface area is 61.8 Å². The van der Waals surface area contributed by atoms with E-state index < -0.39 is 0 Å². The first-order chi connectivity index (χ1) is 3.43. The SMILES string of the molecule is Br.CCN1CCCC1. The molecule has 0 atom stereocenters. The molecule has 1 nitrogen and oxygen atoms in total. The Bertz CT molecular complexity index is 50.5. The zero-order valence-electron chi connectivity index (χ0n) is 5.39. The number of likely N-dealkylation sites (tertiary alicyclic amines) is 1. The number of hydrogen-bond acceptors (Lipinski definition) is 1. The van der Waals surface area contributed by atoms with Gasteiger partial charge < -0.3 is 4.90 Å². The second-order valence-electron chi connectivity index (χ2n) is 2.14. The van der Waals surface area contributed by atoms with Crippen molar-refractivity contribution in [1.29, 1.82) is 0 Å². The summed E-state index contributed by atoms with van der Waals surface area (Å²) in [6.45, 7) is 6.16. The van der Waals surface area contributed by atoms with E-state index in [9.17, 15) is 0 Å². The summed E-state index contributed by atoms with van der Waals surface area (Å²) < 4.78 is 0. The normalized spacial score (nSPS) is 20.6. The van der Waals surface area contributed by atoms with E-state index in [1.807, 2.05) is 0 Å². The molecule has 0 spiro atoms. The van der Waals surface area contributed by atoms with E-state index in [4.69, 9.17) is 0 Å². The molecule has 0 saturated carbocycles. The van der Waals surface area contributed by atoms with Crippen molar-refractivity contribution >= 4 is 17.0 Å². The van der Waals surface area contributed by atoms with E-state index in [0.29, 0.717) is 0 Å². The van der Waals surface area contributed by atoms with Crippen molar-refractivity contribution in [3.63, 3.8) is 0 Å². The monoisotopic (exact) mass is 179 g/mol. The average Bonchev–Trinajstić information content (AvgIpc) is 2.14. The molecule has 0 N–H and O–H groups in total. The molecule has 1 saturated heterocycles. The molecule has 0 radical (unpaired) electrons. The van der Waals surface area contributed by atoms with Crippen molar-refractivity contribution in [2.45, 2.75) is 19.8 Å². The summed E-state index contributed by atoms with van der Waals surface area (Å²) in [6.07, 6.45) is 2.85. The summed E-state index contributed by atoms with van der Waals surface area (Å²) in [4.78, 5) is 2.49. The highest BCUT2D eigenvalue weighted by Gasteiger charge is 2.06. The number of rotatable bonds is 1. The van der Waals surface area contributed by atoms with Gasteiger partial charge in [0.2, 0.25) is 0 Å². The highest BCUT2D eigenvalue weighted by Crippen LogP contribution is 2.04. The minimum atomic E-state index is 0. The summed E-state index contributed by atoms with van der Waals surface area (Å²) in [6, 6.07) is 0. The van der Waals surface area contributed by atoms with Crippen LogP contribution in [0.3, 0.4) is 0 Å². The molecule has 0 bridgehead atoms. The molecular formula is C6H14BrN. The standard InChI is InChI=1S/C6H13N.BrH/c1-2-7-5-3-4-6-7;/h2-6H2,1H3;1H. The van der Waals surface area contributed by atoms with Gasteiger partial charge in [-0.15, -0.1) is 17.0 Å². The van der Waals surface area contributed by atoms with Gasteiger partial charge in [-0.3, -0.25) is 0 Å². The summed E-state index contributed by atoms with van der Waals surface area (Å²) in [5, 5.41) is 0. The maximum absolute atomic E-state index is 2.49. The molecule has 1 rings (SSSR count). The zero-order valence-corrected chi connectivity index (χ0v) is 7.10. The highest BCUT2D eigenvalue weighted by molar-refractivity contribution is 8.93. The molecule has 1 fully saturated rings. The smallest absolute Gasteiger partial charge is 0.00184 e. The van der Waals surface area contributed by atoms with Gasteiger partial charge >= 0.3 is 0 Å². The Kier molecular flexibility index (Phi) is 4.57. The molecule has 0 aromatic heterocycles. The molecule has 0 aromatic carbocycles. The van der Waals surface area contributed by atoms with Gasteiger partial charge in [0.25, 0.3) is 0 Å². The van der Waals surface area contributed by atoms with E-state index >= 15 is 0 Å². The van der Waals surface area contributed by atoms with E-state index in [0.717, 1.165) is 0 Å². The lowest BCUT2D eigenvalue weighted by molar-refractivity contribution is 0.359. The fraction of sp³-hybridized carbons (Fsp3) is 1.00. The Hall–Kier alpha value is 0.440. The van der Waals surface area contributed by atoms with Crippen LogP contribution in [-0.4, -0.2) is 24.5 Å². The molecule has 0 aromatic rings. The van der Waals surface area contributed by atoms with Crippen LogP contribution < -0.4 is 0 Å². The summed E-state index contributed by atoms with van der Waals surface area (Å²) >= 11 is 0. The van der Waals surface area contributed by atoms with Gasteiger partial charge in [0, 0.05) is 0 Å². The molecule has 0 aliphatic carbocycles. The molecule has 1 heterocycles. The molecule has 0 amide bonds. The van der Waals surface area contributed by atoms with E-state index in [2.05, 4.69) is 11.8 Å². The van der Waals surface area contributed by atoms with Crippen LogP contribution in [0.4, 0.5) is 0 Å². The quantitative estimate of drug-likeness (QED) is 0.593. The van der Waals surface area contributed by atoms with E-state index in [-0.39, 0.29) is 17.0 Å².